The van der Waals surface area contributed by atoms with E-state index in [2.05, 4.69) is 23.5 Å². The Bertz CT molecular complexity index is 1000. The Labute approximate surface area is 178 Å². The van der Waals surface area contributed by atoms with Crippen molar-refractivity contribution in [3.8, 4) is 11.5 Å². The molecule has 0 aliphatic heterocycles. The van der Waals surface area contributed by atoms with Gasteiger partial charge in [0.2, 0.25) is 0 Å². The van der Waals surface area contributed by atoms with E-state index in [0.29, 0.717) is 34.1 Å². The largest absolute Gasteiger partial charge is 0.496 e. The maximum atomic E-state index is 12.7. The van der Waals surface area contributed by atoms with Gasteiger partial charge in [-0.1, -0.05) is 38.3 Å². The minimum atomic E-state index is -0.225. The lowest BCUT2D eigenvalue weighted by molar-refractivity contribution is 0.0965. The summed E-state index contributed by atoms with van der Waals surface area (Å²) in [6, 6.07) is 9.06. The first kappa shape index (κ1) is 22.7. The Kier molecular flexibility index (Phi) is 8.18. The Morgan fingerprint density at radius 3 is 2.67 bits per heavy atom. The van der Waals surface area contributed by atoms with Crippen LogP contribution in [0, 0.1) is 6.92 Å². The second-order valence-corrected chi connectivity index (χ2v) is 6.63. The number of nitrogens with one attached hydrogen (secondary N) is 1. The Morgan fingerprint density at radius 1 is 1.27 bits per heavy atom. The number of aromatic nitrogens is 1. The average molecular weight is 405 g/mol. The first-order chi connectivity index (χ1) is 14.4. The van der Waals surface area contributed by atoms with Gasteiger partial charge in [0.15, 0.2) is 0 Å². The first-order valence-electron chi connectivity index (χ1n) is 9.67. The van der Waals surface area contributed by atoms with Gasteiger partial charge in [-0.2, -0.15) is 0 Å². The number of nitrogens with zero attached hydrogens (tertiary/aromatic N) is 1. The van der Waals surface area contributed by atoms with Gasteiger partial charge in [0.05, 0.1) is 12.8 Å². The van der Waals surface area contributed by atoms with E-state index in [1.54, 1.807) is 56.7 Å². The van der Waals surface area contributed by atoms with Crippen LogP contribution in [0.15, 0.2) is 84.9 Å². The zero-order chi connectivity index (χ0) is 22.1. The smallest absolute Gasteiger partial charge is 0.255 e. The SMILES string of the molecule is C=C/C=C(\C=C(/C)NC(=O)c1ccc(CC)c(OC)c1)C(=C)Oc1cccnc1C. The summed E-state index contributed by atoms with van der Waals surface area (Å²) in [6.07, 6.45) is 7.72. The molecule has 156 valence electrons. The van der Waals surface area contributed by atoms with Gasteiger partial charge in [0.25, 0.3) is 5.91 Å². The second kappa shape index (κ2) is 10.8. The van der Waals surface area contributed by atoms with Crippen molar-refractivity contribution < 1.29 is 14.3 Å². The number of hydrogen-bond acceptors (Lipinski definition) is 4. The highest BCUT2D eigenvalue weighted by molar-refractivity contribution is 5.95. The molecule has 0 bridgehead atoms. The zero-order valence-corrected chi connectivity index (χ0v) is 18.0. The molecule has 1 amide bonds. The predicted molar refractivity (Wildman–Crippen MR) is 121 cm³/mol. The van der Waals surface area contributed by atoms with Gasteiger partial charge < -0.3 is 14.8 Å². The minimum Gasteiger partial charge on any atom is -0.496 e. The quantitative estimate of drug-likeness (QED) is 0.455. The molecule has 0 aliphatic rings. The molecule has 0 saturated carbocycles. The molecule has 1 heterocycles. The Hall–Kier alpha value is -3.60. The van der Waals surface area contributed by atoms with Crippen LogP contribution in [0.2, 0.25) is 0 Å². The molecule has 5 heteroatoms. The molecule has 2 rings (SSSR count). The summed E-state index contributed by atoms with van der Waals surface area (Å²) >= 11 is 0. The van der Waals surface area contributed by atoms with Crippen LogP contribution < -0.4 is 14.8 Å². The van der Waals surface area contributed by atoms with Gasteiger partial charge in [-0.3, -0.25) is 9.78 Å². The fraction of sp³-hybridized carbons (Fsp3) is 0.200. The maximum absolute atomic E-state index is 12.7. The molecule has 2 aromatic rings. The number of rotatable bonds is 9. The molecule has 1 aromatic heterocycles. The molecule has 1 aromatic carbocycles. The van der Waals surface area contributed by atoms with E-state index in [0.717, 1.165) is 17.7 Å². The van der Waals surface area contributed by atoms with Crippen molar-refractivity contribution in [2.24, 2.45) is 0 Å². The Morgan fingerprint density at radius 2 is 2.03 bits per heavy atom. The third-order valence-electron chi connectivity index (χ3n) is 4.42. The summed E-state index contributed by atoms with van der Waals surface area (Å²) in [7, 11) is 1.60. The normalized spacial score (nSPS) is 11.6. The highest BCUT2D eigenvalue weighted by Gasteiger charge is 2.11. The lowest BCUT2D eigenvalue weighted by atomic mass is 10.1. The molecule has 0 fully saturated rings. The molecule has 0 atom stereocenters. The molecule has 5 nitrogen and oxygen atoms in total. The van der Waals surface area contributed by atoms with Crippen LogP contribution in [0.1, 0.15) is 35.5 Å². The van der Waals surface area contributed by atoms with E-state index in [1.165, 1.54) is 0 Å². The van der Waals surface area contributed by atoms with Gasteiger partial charge in [0.1, 0.15) is 17.3 Å². The standard InChI is InChI=1S/C25H28N2O3/c1-7-10-21(19(5)30-23-11-9-14-26-18(23)4)15-17(3)27-25(28)22-13-12-20(8-2)24(16-22)29-6/h7,9-16H,1,5,8H2,2-4,6H3,(H,27,28)/b17-15+,21-10+. The molecular weight excluding hydrogens is 376 g/mol. The van der Waals surface area contributed by atoms with E-state index in [9.17, 15) is 4.79 Å². The van der Waals surface area contributed by atoms with Crippen LogP contribution >= 0.6 is 0 Å². The average Bonchev–Trinajstić information content (AvgIpc) is 2.74. The molecule has 0 saturated heterocycles. The number of carbonyl (C=O) groups is 1. The monoisotopic (exact) mass is 404 g/mol. The van der Waals surface area contributed by atoms with Gasteiger partial charge in [-0.25, -0.2) is 0 Å². The third kappa shape index (κ3) is 5.95. The predicted octanol–water partition coefficient (Wildman–Crippen LogP) is 5.30. The molecule has 1 N–H and O–H groups in total. The van der Waals surface area contributed by atoms with Crippen molar-refractivity contribution in [2.45, 2.75) is 27.2 Å². The molecule has 0 radical (unpaired) electrons. The number of hydrogen-bond donors (Lipinski definition) is 1. The van der Waals surface area contributed by atoms with Crippen LogP contribution in [0.3, 0.4) is 0 Å². The third-order valence-corrected chi connectivity index (χ3v) is 4.42. The summed E-state index contributed by atoms with van der Waals surface area (Å²) < 4.78 is 11.2. The number of carbonyl (C=O) groups excluding carboxylic acids is 1. The van der Waals surface area contributed by atoms with Crippen LogP contribution in [0.4, 0.5) is 0 Å². The van der Waals surface area contributed by atoms with Crippen LogP contribution in [-0.2, 0) is 6.42 Å². The lowest BCUT2D eigenvalue weighted by Crippen LogP contribution is -2.21. The molecular formula is C25H28N2O3. The zero-order valence-electron chi connectivity index (χ0n) is 18.0. The van der Waals surface area contributed by atoms with Crippen molar-refractivity contribution in [2.75, 3.05) is 7.11 Å². The van der Waals surface area contributed by atoms with Crippen molar-refractivity contribution in [3.05, 3.63) is 102 Å². The van der Waals surface area contributed by atoms with Gasteiger partial charge >= 0.3 is 0 Å². The van der Waals surface area contributed by atoms with Crippen molar-refractivity contribution in [3.63, 3.8) is 0 Å². The first-order valence-corrected chi connectivity index (χ1v) is 9.67. The maximum Gasteiger partial charge on any atom is 0.255 e. The summed E-state index contributed by atoms with van der Waals surface area (Å²) in [5.74, 6) is 1.52. The second-order valence-electron chi connectivity index (χ2n) is 6.63. The number of pyridine rings is 1. The molecule has 0 unspecified atom stereocenters. The van der Waals surface area contributed by atoms with Crippen molar-refractivity contribution in [1.29, 1.82) is 0 Å². The lowest BCUT2D eigenvalue weighted by Gasteiger charge is -2.13. The summed E-state index contributed by atoms with van der Waals surface area (Å²) in [4.78, 5) is 16.9. The van der Waals surface area contributed by atoms with Gasteiger partial charge in [-0.15, -0.1) is 0 Å². The minimum absolute atomic E-state index is 0.225. The Balaban J connectivity index is 2.17. The van der Waals surface area contributed by atoms with E-state index >= 15 is 0 Å². The number of methoxy groups -OCH3 is 1. The summed E-state index contributed by atoms with van der Waals surface area (Å²) in [5, 5.41) is 2.89. The highest BCUT2D eigenvalue weighted by Crippen LogP contribution is 2.22. The topological polar surface area (TPSA) is 60.5 Å². The molecule has 0 aliphatic carbocycles. The van der Waals surface area contributed by atoms with E-state index < -0.39 is 0 Å². The molecule has 0 spiro atoms. The summed E-state index contributed by atoms with van der Waals surface area (Å²) in [6.45, 7) is 13.4. The number of ether oxygens (including phenoxy) is 2. The fourth-order valence-corrected chi connectivity index (χ4v) is 2.82. The van der Waals surface area contributed by atoms with Crippen molar-refractivity contribution in [1.82, 2.24) is 10.3 Å². The fourth-order valence-electron chi connectivity index (χ4n) is 2.82. The number of benzene rings is 1. The molecule has 30 heavy (non-hydrogen) atoms. The number of allylic oxidation sites excluding steroid dienone is 4. The highest BCUT2D eigenvalue weighted by atomic mass is 16.5. The summed E-state index contributed by atoms with van der Waals surface area (Å²) in [5.41, 5.74) is 3.66. The van der Waals surface area contributed by atoms with Crippen LogP contribution in [-0.4, -0.2) is 18.0 Å². The van der Waals surface area contributed by atoms with E-state index in [1.807, 2.05) is 26.0 Å². The van der Waals surface area contributed by atoms with E-state index in [-0.39, 0.29) is 5.91 Å². The van der Waals surface area contributed by atoms with Crippen LogP contribution in [0.25, 0.3) is 0 Å². The van der Waals surface area contributed by atoms with Gasteiger partial charge in [-0.05, 0) is 56.2 Å². The van der Waals surface area contributed by atoms with Crippen LogP contribution in [0.5, 0.6) is 11.5 Å². The van der Waals surface area contributed by atoms with E-state index in [4.69, 9.17) is 9.47 Å². The van der Waals surface area contributed by atoms with Gasteiger partial charge in [0, 0.05) is 23.0 Å². The number of aryl methyl sites for hydroxylation is 2. The van der Waals surface area contributed by atoms with Crippen molar-refractivity contribution >= 4 is 5.91 Å². The number of amides is 1.